The molecular formula is C20H24N4O2. The Morgan fingerprint density at radius 3 is 2.73 bits per heavy atom. The molecule has 0 aliphatic heterocycles. The second kappa shape index (κ2) is 6.78. The summed E-state index contributed by atoms with van der Waals surface area (Å²) in [4.78, 5) is 20.8. The average Bonchev–Trinajstić information content (AvgIpc) is 2.93. The molecule has 0 fully saturated rings. The molecule has 3 rings (SSSR count). The molecule has 136 valence electrons. The van der Waals surface area contributed by atoms with Crippen molar-refractivity contribution >= 4 is 22.8 Å². The highest BCUT2D eigenvalue weighted by Crippen LogP contribution is 2.33. The maximum Gasteiger partial charge on any atom is 0.326 e. The molecule has 0 atom stereocenters. The minimum atomic E-state index is -0.535. The van der Waals surface area contributed by atoms with E-state index in [-0.39, 0.29) is 12.5 Å². The Morgan fingerprint density at radius 2 is 2.04 bits per heavy atom. The van der Waals surface area contributed by atoms with Gasteiger partial charge in [-0.15, -0.1) is 0 Å². The van der Waals surface area contributed by atoms with Gasteiger partial charge in [0.1, 0.15) is 29.9 Å². The molecule has 1 aromatic carbocycles. The van der Waals surface area contributed by atoms with E-state index in [0.717, 1.165) is 22.9 Å². The number of fused-ring (bicyclic) bond motifs is 1. The van der Waals surface area contributed by atoms with Crippen LogP contribution in [0.1, 0.15) is 33.3 Å². The van der Waals surface area contributed by atoms with Crippen LogP contribution in [0.2, 0.25) is 0 Å². The first-order valence-electron chi connectivity index (χ1n) is 8.69. The van der Waals surface area contributed by atoms with E-state index in [2.05, 4.69) is 29.0 Å². The van der Waals surface area contributed by atoms with Crippen molar-refractivity contribution in [3.05, 3.63) is 42.4 Å². The number of esters is 1. The normalized spacial score (nSPS) is 11.7. The summed E-state index contributed by atoms with van der Waals surface area (Å²) in [6, 6.07) is 8.26. The molecule has 0 saturated carbocycles. The van der Waals surface area contributed by atoms with Crippen molar-refractivity contribution in [1.82, 2.24) is 14.5 Å². The second-order valence-electron chi connectivity index (χ2n) is 7.27. The smallest absolute Gasteiger partial charge is 0.326 e. The van der Waals surface area contributed by atoms with Gasteiger partial charge in [-0.05, 0) is 38.3 Å². The van der Waals surface area contributed by atoms with E-state index in [0.29, 0.717) is 11.5 Å². The van der Waals surface area contributed by atoms with E-state index in [4.69, 9.17) is 10.5 Å². The maximum atomic E-state index is 12.3. The number of nitrogens with zero attached hydrogens (tertiary/aromatic N) is 3. The number of aryl methyl sites for hydroxylation is 1. The molecule has 0 radical (unpaired) electrons. The number of ether oxygens (including phenoxy) is 1. The summed E-state index contributed by atoms with van der Waals surface area (Å²) in [5, 5.41) is 0.754. The molecule has 0 bridgehead atoms. The summed E-state index contributed by atoms with van der Waals surface area (Å²) < 4.78 is 7.21. The fourth-order valence-corrected chi connectivity index (χ4v) is 2.96. The minimum absolute atomic E-state index is 0.0672. The Labute approximate surface area is 153 Å². The van der Waals surface area contributed by atoms with Gasteiger partial charge in [-0.25, -0.2) is 9.97 Å². The van der Waals surface area contributed by atoms with Gasteiger partial charge in [0.25, 0.3) is 0 Å². The SMILES string of the molecule is CCc1cccc(-c2cn(CC(=O)OC(C)(C)C)c3ncnc(N)c23)c1. The Bertz CT molecular complexity index is 954. The maximum absolute atomic E-state index is 12.3. The fraction of sp³-hybridized carbons (Fsp3) is 0.350. The van der Waals surface area contributed by atoms with Gasteiger partial charge >= 0.3 is 5.97 Å². The third-order valence-electron chi connectivity index (χ3n) is 4.05. The van der Waals surface area contributed by atoms with Gasteiger partial charge in [0.2, 0.25) is 0 Å². The largest absolute Gasteiger partial charge is 0.459 e. The molecule has 6 heteroatoms. The molecule has 3 aromatic rings. The predicted octanol–water partition coefficient (Wildman–Crippen LogP) is 3.58. The number of aromatic nitrogens is 3. The van der Waals surface area contributed by atoms with Crippen LogP contribution < -0.4 is 5.73 Å². The molecule has 26 heavy (non-hydrogen) atoms. The zero-order valence-corrected chi connectivity index (χ0v) is 15.6. The topological polar surface area (TPSA) is 83.0 Å². The molecule has 0 spiro atoms. The minimum Gasteiger partial charge on any atom is -0.459 e. The van der Waals surface area contributed by atoms with E-state index in [1.807, 2.05) is 39.1 Å². The second-order valence-corrected chi connectivity index (χ2v) is 7.27. The third kappa shape index (κ3) is 3.69. The predicted molar refractivity (Wildman–Crippen MR) is 103 cm³/mol. The number of rotatable bonds is 4. The number of nitrogen functional groups attached to an aromatic ring is 1. The summed E-state index contributed by atoms with van der Waals surface area (Å²) in [6.07, 6.45) is 4.25. The standard InChI is InChI=1S/C20H24N4O2/c1-5-13-7-6-8-14(9-13)15-10-24(11-16(25)26-20(2,3)4)19-17(15)18(21)22-12-23-19/h6-10,12H,5,11H2,1-4H3,(H2,21,22,23). The van der Waals surface area contributed by atoms with Crippen molar-refractivity contribution in [3.8, 4) is 11.1 Å². The Morgan fingerprint density at radius 1 is 1.27 bits per heavy atom. The van der Waals surface area contributed by atoms with Crippen LogP contribution in [0.4, 0.5) is 5.82 Å². The number of hydrogen-bond acceptors (Lipinski definition) is 5. The van der Waals surface area contributed by atoms with Gasteiger partial charge in [-0.3, -0.25) is 4.79 Å². The average molecular weight is 352 g/mol. The number of carbonyl (C=O) groups is 1. The van der Waals surface area contributed by atoms with Crippen molar-refractivity contribution in [2.45, 2.75) is 46.3 Å². The molecule has 0 saturated heterocycles. The molecule has 0 amide bonds. The lowest BCUT2D eigenvalue weighted by atomic mass is 10.0. The van der Waals surface area contributed by atoms with E-state index < -0.39 is 5.60 Å². The highest BCUT2D eigenvalue weighted by molar-refractivity contribution is 6.01. The first-order chi connectivity index (χ1) is 12.3. The number of nitrogens with two attached hydrogens (primary N) is 1. The summed E-state index contributed by atoms with van der Waals surface area (Å²) >= 11 is 0. The van der Waals surface area contributed by atoms with Crippen molar-refractivity contribution < 1.29 is 9.53 Å². The Kier molecular flexibility index (Phi) is 4.68. The number of carbonyl (C=O) groups excluding carboxylic acids is 1. The lowest BCUT2D eigenvalue weighted by Crippen LogP contribution is -2.26. The van der Waals surface area contributed by atoms with E-state index in [1.165, 1.54) is 11.9 Å². The first-order valence-corrected chi connectivity index (χ1v) is 8.69. The molecule has 6 nitrogen and oxygen atoms in total. The van der Waals surface area contributed by atoms with Crippen LogP contribution in [0.15, 0.2) is 36.8 Å². The zero-order valence-electron chi connectivity index (χ0n) is 15.6. The fourth-order valence-electron chi connectivity index (χ4n) is 2.96. The molecule has 2 heterocycles. The van der Waals surface area contributed by atoms with Crippen LogP contribution in [0, 0.1) is 0 Å². The van der Waals surface area contributed by atoms with Crippen LogP contribution in [-0.4, -0.2) is 26.1 Å². The van der Waals surface area contributed by atoms with Gasteiger partial charge in [-0.1, -0.05) is 31.2 Å². The van der Waals surface area contributed by atoms with Crippen LogP contribution in [0.5, 0.6) is 0 Å². The highest BCUT2D eigenvalue weighted by atomic mass is 16.6. The van der Waals surface area contributed by atoms with Gasteiger partial charge in [-0.2, -0.15) is 0 Å². The van der Waals surface area contributed by atoms with Gasteiger partial charge in [0.05, 0.1) is 5.39 Å². The zero-order chi connectivity index (χ0) is 18.9. The molecule has 2 aromatic heterocycles. The van der Waals surface area contributed by atoms with Crippen molar-refractivity contribution in [3.63, 3.8) is 0 Å². The first kappa shape index (κ1) is 17.9. The quantitative estimate of drug-likeness (QED) is 0.726. The number of benzene rings is 1. The molecule has 0 aliphatic carbocycles. The van der Waals surface area contributed by atoms with E-state index in [9.17, 15) is 4.79 Å². The molecular weight excluding hydrogens is 328 g/mol. The Balaban J connectivity index is 2.09. The van der Waals surface area contributed by atoms with Crippen LogP contribution in [0.25, 0.3) is 22.2 Å². The highest BCUT2D eigenvalue weighted by Gasteiger charge is 2.20. The lowest BCUT2D eigenvalue weighted by Gasteiger charge is -2.19. The number of anilines is 1. The molecule has 0 aliphatic rings. The van der Waals surface area contributed by atoms with Gasteiger partial charge in [0, 0.05) is 11.8 Å². The van der Waals surface area contributed by atoms with E-state index >= 15 is 0 Å². The summed E-state index contributed by atoms with van der Waals surface area (Å²) in [7, 11) is 0. The Hall–Kier alpha value is -2.89. The summed E-state index contributed by atoms with van der Waals surface area (Å²) in [5.74, 6) is 0.0790. The van der Waals surface area contributed by atoms with Crippen LogP contribution >= 0.6 is 0 Å². The van der Waals surface area contributed by atoms with Gasteiger partial charge in [0.15, 0.2) is 0 Å². The van der Waals surface area contributed by atoms with E-state index in [1.54, 1.807) is 4.57 Å². The molecule has 2 N–H and O–H groups in total. The van der Waals surface area contributed by atoms with Crippen molar-refractivity contribution in [2.75, 3.05) is 5.73 Å². The third-order valence-corrected chi connectivity index (χ3v) is 4.05. The van der Waals surface area contributed by atoms with Crippen molar-refractivity contribution in [1.29, 1.82) is 0 Å². The molecule has 0 unspecified atom stereocenters. The number of hydrogen-bond donors (Lipinski definition) is 1. The summed E-state index contributed by atoms with van der Waals surface area (Å²) in [5.41, 5.74) is 9.39. The van der Waals surface area contributed by atoms with Gasteiger partial charge < -0.3 is 15.0 Å². The van der Waals surface area contributed by atoms with Crippen LogP contribution in [-0.2, 0) is 22.5 Å². The lowest BCUT2D eigenvalue weighted by molar-refractivity contribution is -0.155. The monoisotopic (exact) mass is 352 g/mol. The van der Waals surface area contributed by atoms with Crippen LogP contribution in [0.3, 0.4) is 0 Å². The summed E-state index contributed by atoms with van der Waals surface area (Å²) in [6.45, 7) is 7.72. The van der Waals surface area contributed by atoms with Crippen molar-refractivity contribution in [2.24, 2.45) is 0 Å².